The zero-order chi connectivity index (χ0) is 14.0. The number of aryl methyl sites for hydroxylation is 1. The molecule has 1 fully saturated rings. The molecule has 6 heteroatoms. The van der Waals surface area contributed by atoms with E-state index in [9.17, 15) is 0 Å². The van der Waals surface area contributed by atoms with Gasteiger partial charge in [-0.2, -0.15) is 0 Å². The van der Waals surface area contributed by atoms with Crippen LogP contribution in [0.15, 0.2) is 6.07 Å². The maximum Gasteiger partial charge on any atom is 0.145 e. The molecule has 2 rings (SSSR count). The van der Waals surface area contributed by atoms with Gasteiger partial charge >= 0.3 is 0 Å². The van der Waals surface area contributed by atoms with E-state index in [4.69, 9.17) is 5.84 Å². The summed E-state index contributed by atoms with van der Waals surface area (Å²) >= 11 is 0. The minimum Gasteiger partial charge on any atom is -0.353 e. The minimum atomic E-state index is 0.145. The van der Waals surface area contributed by atoms with Gasteiger partial charge in [0, 0.05) is 37.7 Å². The van der Waals surface area contributed by atoms with E-state index < -0.39 is 0 Å². The number of aromatic nitrogens is 2. The van der Waals surface area contributed by atoms with Crippen LogP contribution >= 0.6 is 0 Å². The highest BCUT2D eigenvalue weighted by Gasteiger charge is 2.31. The van der Waals surface area contributed by atoms with Crippen LogP contribution in [-0.4, -0.2) is 47.1 Å². The Bertz CT molecular complexity index is 423. The second-order valence-corrected chi connectivity index (χ2v) is 5.68. The molecule has 0 amide bonds. The Morgan fingerprint density at radius 2 is 2.11 bits per heavy atom. The first-order valence-electron chi connectivity index (χ1n) is 6.77. The van der Waals surface area contributed by atoms with Crippen LogP contribution in [0, 0.1) is 0 Å². The van der Waals surface area contributed by atoms with Gasteiger partial charge in [0.05, 0.1) is 0 Å². The number of nitrogens with one attached hydrogen (secondary N) is 1. The lowest BCUT2D eigenvalue weighted by Gasteiger charge is -2.45. The molecule has 1 aromatic rings. The molecule has 6 nitrogen and oxygen atoms in total. The normalized spacial score (nSPS) is 19.5. The van der Waals surface area contributed by atoms with Crippen LogP contribution in [0.25, 0.3) is 0 Å². The third-order valence-corrected chi connectivity index (χ3v) is 3.86. The molecule has 106 valence electrons. The Morgan fingerprint density at radius 3 is 2.68 bits per heavy atom. The molecule has 2 heterocycles. The van der Waals surface area contributed by atoms with Crippen LogP contribution in [0.2, 0.25) is 0 Å². The molecule has 1 aromatic heterocycles. The summed E-state index contributed by atoms with van der Waals surface area (Å²) in [5.41, 5.74) is 2.77. The predicted octanol–water partition coefficient (Wildman–Crippen LogP) is 0.855. The Labute approximate surface area is 115 Å². The monoisotopic (exact) mass is 264 g/mol. The van der Waals surface area contributed by atoms with E-state index >= 15 is 0 Å². The molecule has 1 aliphatic heterocycles. The van der Waals surface area contributed by atoms with Crippen LogP contribution in [0.1, 0.15) is 26.6 Å². The highest BCUT2D eigenvalue weighted by atomic mass is 15.3. The molecule has 0 saturated carbocycles. The lowest BCUT2D eigenvalue weighted by Crippen LogP contribution is -2.58. The number of likely N-dealkylation sites (N-methyl/N-ethyl adjacent to an activating group) is 1. The SMILES string of the molecule is CCc1nc(NN)cc(N2CCN(C)C(C)(C)C2)n1. The fraction of sp³-hybridized carbons (Fsp3) is 0.692. The maximum atomic E-state index is 5.48. The summed E-state index contributed by atoms with van der Waals surface area (Å²) in [7, 11) is 2.17. The topological polar surface area (TPSA) is 70.3 Å². The number of hydrazine groups is 1. The first-order valence-corrected chi connectivity index (χ1v) is 6.77. The fourth-order valence-electron chi connectivity index (χ4n) is 2.31. The number of rotatable bonds is 3. The molecule has 0 aliphatic carbocycles. The first-order chi connectivity index (χ1) is 8.96. The van der Waals surface area contributed by atoms with Crippen molar-refractivity contribution in [2.75, 3.05) is 37.0 Å². The molecule has 1 saturated heterocycles. The summed E-state index contributed by atoms with van der Waals surface area (Å²) in [6.45, 7) is 9.52. The molecule has 19 heavy (non-hydrogen) atoms. The molecule has 1 aliphatic rings. The van der Waals surface area contributed by atoms with Crippen molar-refractivity contribution in [2.45, 2.75) is 32.7 Å². The molecule has 0 bridgehead atoms. The lowest BCUT2D eigenvalue weighted by molar-refractivity contribution is 0.138. The largest absolute Gasteiger partial charge is 0.353 e. The molecule has 0 unspecified atom stereocenters. The Balaban J connectivity index is 2.26. The standard InChI is InChI=1S/C13H24N6/c1-5-10-15-11(17-14)8-12(16-10)19-7-6-18(4)13(2,3)9-19/h8H,5-7,9,14H2,1-4H3,(H,15,16,17). The average Bonchev–Trinajstić information content (AvgIpc) is 2.41. The third kappa shape index (κ3) is 2.96. The zero-order valence-corrected chi connectivity index (χ0v) is 12.3. The minimum absolute atomic E-state index is 0.145. The van der Waals surface area contributed by atoms with Gasteiger partial charge in [-0.1, -0.05) is 6.92 Å². The summed E-state index contributed by atoms with van der Waals surface area (Å²) in [5, 5.41) is 0. The van der Waals surface area contributed by atoms with Crippen molar-refractivity contribution in [1.29, 1.82) is 0 Å². The second kappa shape index (κ2) is 5.30. The second-order valence-electron chi connectivity index (χ2n) is 5.68. The van der Waals surface area contributed by atoms with E-state index in [0.717, 1.165) is 37.7 Å². The van der Waals surface area contributed by atoms with Gasteiger partial charge in [-0.3, -0.25) is 4.90 Å². The van der Waals surface area contributed by atoms with Crippen LogP contribution in [0.4, 0.5) is 11.6 Å². The van der Waals surface area contributed by atoms with E-state index in [1.807, 2.05) is 13.0 Å². The van der Waals surface area contributed by atoms with Crippen molar-refractivity contribution in [3.05, 3.63) is 11.9 Å². The molecular formula is C13H24N6. The number of piperazine rings is 1. The number of nitrogen functional groups attached to an aromatic ring is 1. The van der Waals surface area contributed by atoms with Gasteiger partial charge in [-0.05, 0) is 20.9 Å². The molecule has 0 aromatic carbocycles. The van der Waals surface area contributed by atoms with E-state index in [-0.39, 0.29) is 5.54 Å². The summed E-state index contributed by atoms with van der Waals surface area (Å²) < 4.78 is 0. The van der Waals surface area contributed by atoms with Gasteiger partial charge in [0.2, 0.25) is 0 Å². The molecule has 0 radical (unpaired) electrons. The van der Waals surface area contributed by atoms with Crippen molar-refractivity contribution in [3.63, 3.8) is 0 Å². The molecule has 0 spiro atoms. The predicted molar refractivity (Wildman–Crippen MR) is 78.1 cm³/mol. The molecule has 3 N–H and O–H groups in total. The quantitative estimate of drug-likeness (QED) is 0.623. The maximum absolute atomic E-state index is 5.48. The van der Waals surface area contributed by atoms with E-state index in [1.165, 1.54) is 0 Å². The van der Waals surface area contributed by atoms with Gasteiger partial charge in [-0.25, -0.2) is 15.8 Å². The van der Waals surface area contributed by atoms with Gasteiger partial charge in [-0.15, -0.1) is 0 Å². The first kappa shape index (κ1) is 14.0. The van der Waals surface area contributed by atoms with Gasteiger partial charge in [0.15, 0.2) is 0 Å². The van der Waals surface area contributed by atoms with Crippen molar-refractivity contribution >= 4 is 11.6 Å². The van der Waals surface area contributed by atoms with Crippen molar-refractivity contribution in [2.24, 2.45) is 5.84 Å². The van der Waals surface area contributed by atoms with Crippen LogP contribution in [0.5, 0.6) is 0 Å². The summed E-state index contributed by atoms with van der Waals surface area (Å²) in [4.78, 5) is 13.6. The molecule has 0 atom stereocenters. The average molecular weight is 264 g/mol. The van der Waals surface area contributed by atoms with Crippen molar-refractivity contribution in [1.82, 2.24) is 14.9 Å². The smallest absolute Gasteiger partial charge is 0.145 e. The number of nitrogens with zero attached hydrogens (tertiary/aromatic N) is 4. The van der Waals surface area contributed by atoms with E-state index in [0.29, 0.717) is 5.82 Å². The Hall–Kier alpha value is -1.40. The summed E-state index contributed by atoms with van der Waals surface area (Å²) in [5.74, 6) is 7.94. The van der Waals surface area contributed by atoms with E-state index in [2.05, 4.69) is 46.1 Å². The van der Waals surface area contributed by atoms with E-state index in [1.54, 1.807) is 0 Å². The number of nitrogens with two attached hydrogens (primary N) is 1. The summed E-state index contributed by atoms with van der Waals surface area (Å²) in [6.07, 6.45) is 0.805. The van der Waals surface area contributed by atoms with Crippen LogP contribution in [-0.2, 0) is 6.42 Å². The summed E-state index contributed by atoms with van der Waals surface area (Å²) in [6, 6.07) is 1.92. The van der Waals surface area contributed by atoms with Gasteiger partial charge in [0.25, 0.3) is 0 Å². The Kier molecular flexibility index (Phi) is 3.91. The highest BCUT2D eigenvalue weighted by Crippen LogP contribution is 2.24. The van der Waals surface area contributed by atoms with Gasteiger partial charge < -0.3 is 10.3 Å². The van der Waals surface area contributed by atoms with Gasteiger partial charge in [0.1, 0.15) is 17.5 Å². The highest BCUT2D eigenvalue weighted by molar-refractivity contribution is 5.49. The van der Waals surface area contributed by atoms with Crippen LogP contribution in [0.3, 0.4) is 0 Å². The number of hydrogen-bond donors (Lipinski definition) is 2. The Morgan fingerprint density at radius 1 is 1.37 bits per heavy atom. The fourth-order valence-corrected chi connectivity index (χ4v) is 2.31. The third-order valence-electron chi connectivity index (χ3n) is 3.86. The van der Waals surface area contributed by atoms with Crippen molar-refractivity contribution < 1.29 is 0 Å². The van der Waals surface area contributed by atoms with Crippen molar-refractivity contribution in [3.8, 4) is 0 Å². The number of hydrogen-bond acceptors (Lipinski definition) is 6. The number of anilines is 2. The molecular weight excluding hydrogens is 240 g/mol. The zero-order valence-electron chi connectivity index (χ0n) is 12.3. The lowest BCUT2D eigenvalue weighted by atomic mass is 10.00. The van der Waals surface area contributed by atoms with Crippen LogP contribution < -0.4 is 16.2 Å².